The minimum Gasteiger partial charge on any atom is -0.396 e. The molecule has 1 aromatic carbocycles. The number of aliphatic hydroxyl groups excluding tert-OH is 1. The maximum Gasteiger partial charge on any atom is 0.254 e. The minimum absolute atomic E-state index is 0.0752. The molecule has 1 fully saturated rings. The molecule has 0 spiro atoms. The second-order valence-corrected chi connectivity index (χ2v) is 6.14. The van der Waals surface area contributed by atoms with Crippen molar-refractivity contribution < 1.29 is 18.7 Å². The summed E-state index contributed by atoms with van der Waals surface area (Å²) < 4.78 is 27.9. The largest absolute Gasteiger partial charge is 0.396 e. The average Bonchev–Trinajstić information content (AvgIpc) is 3.05. The lowest BCUT2D eigenvalue weighted by Crippen LogP contribution is -2.37. The molecule has 0 aliphatic heterocycles. The van der Waals surface area contributed by atoms with Crippen LogP contribution in [-0.4, -0.2) is 33.4 Å². The van der Waals surface area contributed by atoms with Gasteiger partial charge in [0.05, 0.1) is 11.8 Å². The van der Waals surface area contributed by atoms with Crippen LogP contribution < -0.4 is 5.32 Å². The number of halogens is 2. The molecule has 0 unspecified atom stereocenters. The smallest absolute Gasteiger partial charge is 0.254 e. The van der Waals surface area contributed by atoms with Crippen LogP contribution in [-0.2, 0) is 0 Å². The van der Waals surface area contributed by atoms with Crippen molar-refractivity contribution in [1.82, 2.24) is 15.1 Å². The van der Waals surface area contributed by atoms with E-state index < -0.39 is 11.6 Å². The number of rotatable bonds is 4. The van der Waals surface area contributed by atoms with Crippen molar-refractivity contribution in [1.29, 1.82) is 0 Å². The highest BCUT2D eigenvalue weighted by molar-refractivity contribution is 5.94. The standard InChI is InChI=1S/C17H19F2N3O2/c18-13-3-6-16(15(19)7-13)22-9-12(8-20-22)17(24)21-14-4-1-11(10-23)2-5-14/h3,6-9,11,14,23H,1-2,4-5,10H2,(H,21,24). The normalized spacial score (nSPS) is 20.8. The second-order valence-electron chi connectivity index (χ2n) is 6.14. The monoisotopic (exact) mass is 335 g/mol. The number of benzene rings is 1. The van der Waals surface area contributed by atoms with Crippen LogP contribution in [0.25, 0.3) is 5.69 Å². The van der Waals surface area contributed by atoms with E-state index in [0.717, 1.165) is 37.8 Å². The summed E-state index contributed by atoms with van der Waals surface area (Å²) in [5, 5.41) is 16.1. The molecule has 1 aliphatic carbocycles. The minimum atomic E-state index is -0.743. The van der Waals surface area contributed by atoms with Crippen molar-refractivity contribution in [2.45, 2.75) is 31.7 Å². The van der Waals surface area contributed by atoms with Crippen molar-refractivity contribution in [2.75, 3.05) is 6.61 Å². The molecule has 24 heavy (non-hydrogen) atoms. The van der Waals surface area contributed by atoms with Crippen molar-refractivity contribution in [3.8, 4) is 5.69 Å². The zero-order valence-corrected chi connectivity index (χ0v) is 13.1. The van der Waals surface area contributed by atoms with E-state index >= 15 is 0 Å². The van der Waals surface area contributed by atoms with Crippen LogP contribution in [0.15, 0.2) is 30.6 Å². The summed E-state index contributed by atoms with van der Waals surface area (Å²) in [4.78, 5) is 12.3. The van der Waals surface area contributed by atoms with Crippen molar-refractivity contribution in [2.24, 2.45) is 5.92 Å². The SMILES string of the molecule is O=C(NC1CCC(CO)CC1)c1cnn(-c2ccc(F)cc2F)c1. The number of carbonyl (C=O) groups excluding carboxylic acids is 1. The molecule has 1 aliphatic rings. The van der Waals surface area contributed by atoms with Crippen molar-refractivity contribution in [3.63, 3.8) is 0 Å². The number of hydrogen-bond donors (Lipinski definition) is 2. The Labute approximate surface area is 138 Å². The maximum absolute atomic E-state index is 13.8. The molecule has 1 heterocycles. The summed E-state index contributed by atoms with van der Waals surface area (Å²) in [6, 6.07) is 3.26. The molecule has 1 aromatic heterocycles. The van der Waals surface area contributed by atoms with Gasteiger partial charge in [0.15, 0.2) is 5.82 Å². The zero-order valence-electron chi connectivity index (χ0n) is 13.1. The van der Waals surface area contributed by atoms with Gasteiger partial charge in [0.1, 0.15) is 11.5 Å². The van der Waals surface area contributed by atoms with Crippen LogP contribution >= 0.6 is 0 Å². The van der Waals surface area contributed by atoms with E-state index in [4.69, 9.17) is 5.11 Å². The van der Waals surface area contributed by atoms with E-state index in [0.29, 0.717) is 11.5 Å². The van der Waals surface area contributed by atoms with Gasteiger partial charge in [-0.05, 0) is 43.7 Å². The topological polar surface area (TPSA) is 67.2 Å². The Morgan fingerprint density at radius 3 is 2.71 bits per heavy atom. The second kappa shape index (κ2) is 7.09. The highest BCUT2D eigenvalue weighted by Gasteiger charge is 2.23. The van der Waals surface area contributed by atoms with Gasteiger partial charge in [0.2, 0.25) is 0 Å². The maximum atomic E-state index is 13.8. The fraction of sp³-hybridized carbons (Fsp3) is 0.412. The Kier molecular flexibility index (Phi) is 4.89. The molecule has 0 atom stereocenters. The predicted molar refractivity (Wildman–Crippen MR) is 83.8 cm³/mol. The molecule has 3 rings (SSSR count). The van der Waals surface area contributed by atoms with Crippen LogP contribution in [0.4, 0.5) is 8.78 Å². The Hall–Kier alpha value is -2.28. The summed E-state index contributed by atoms with van der Waals surface area (Å²) in [5.41, 5.74) is 0.405. The number of aliphatic hydroxyl groups is 1. The van der Waals surface area contributed by atoms with Crippen LogP contribution in [0.2, 0.25) is 0 Å². The summed E-state index contributed by atoms with van der Waals surface area (Å²) in [5.74, 6) is -1.36. The van der Waals surface area contributed by atoms with Crippen molar-refractivity contribution >= 4 is 5.91 Å². The number of nitrogens with zero attached hydrogens (tertiary/aromatic N) is 2. The third-order valence-electron chi connectivity index (χ3n) is 4.44. The van der Waals surface area contributed by atoms with Gasteiger partial charge in [-0.1, -0.05) is 0 Å². The van der Waals surface area contributed by atoms with E-state index in [1.807, 2.05) is 0 Å². The van der Waals surface area contributed by atoms with E-state index in [9.17, 15) is 13.6 Å². The average molecular weight is 335 g/mol. The van der Waals surface area contributed by atoms with E-state index in [1.54, 1.807) is 0 Å². The fourth-order valence-electron chi connectivity index (χ4n) is 3.00. The molecule has 7 heteroatoms. The third-order valence-corrected chi connectivity index (χ3v) is 4.44. The Balaban J connectivity index is 1.66. The lowest BCUT2D eigenvalue weighted by molar-refractivity contribution is 0.0914. The molecular weight excluding hydrogens is 316 g/mol. The van der Waals surface area contributed by atoms with Gasteiger partial charge in [-0.2, -0.15) is 5.10 Å². The van der Waals surface area contributed by atoms with Crippen LogP contribution in [0.5, 0.6) is 0 Å². The Morgan fingerprint density at radius 2 is 2.04 bits per heavy atom. The molecular formula is C17H19F2N3O2. The number of nitrogens with one attached hydrogen (secondary N) is 1. The van der Waals surface area contributed by atoms with Gasteiger partial charge in [-0.3, -0.25) is 4.79 Å². The molecule has 5 nitrogen and oxygen atoms in total. The number of amides is 1. The molecule has 1 amide bonds. The highest BCUT2D eigenvalue weighted by Crippen LogP contribution is 2.24. The zero-order chi connectivity index (χ0) is 17.1. The first-order valence-corrected chi connectivity index (χ1v) is 7.98. The summed E-state index contributed by atoms with van der Waals surface area (Å²) in [6.45, 7) is 0.191. The Morgan fingerprint density at radius 1 is 1.29 bits per heavy atom. The predicted octanol–water partition coefficient (Wildman–Crippen LogP) is 2.43. The van der Waals surface area contributed by atoms with Gasteiger partial charge in [-0.15, -0.1) is 0 Å². The number of hydrogen-bond acceptors (Lipinski definition) is 3. The highest BCUT2D eigenvalue weighted by atomic mass is 19.1. The van der Waals surface area contributed by atoms with Gasteiger partial charge in [0.25, 0.3) is 5.91 Å². The first-order chi connectivity index (χ1) is 11.6. The van der Waals surface area contributed by atoms with Crippen LogP contribution in [0, 0.1) is 17.6 Å². The summed E-state index contributed by atoms with van der Waals surface area (Å²) in [6.07, 6.45) is 6.22. The first-order valence-electron chi connectivity index (χ1n) is 7.98. The molecule has 0 bridgehead atoms. The van der Waals surface area contributed by atoms with Gasteiger partial charge in [0, 0.05) is 24.9 Å². The third kappa shape index (κ3) is 3.62. The lowest BCUT2D eigenvalue weighted by atomic mass is 9.86. The van der Waals surface area contributed by atoms with E-state index in [1.165, 1.54) is 23.1 Å². The van der Waals surface area contributed by atoms with E-state index in [-0.39, 0.29) is 24.2 Å². The first kappa shape index (κ1) is 16.6. The lowest BCUT2D eigenvalue weighted by Gasteiger charge is -2.27. The van der Waals surface area contributed by atoms with Gasteiger partial charge in [-0.25, -0.2) is 13.5 Å². The van der Waals surface area contributed by atoms with Gasteiger partial charge < -0.3 is 10.4 Å². The molecule has 2 aromatic rings. The molecule has 128 valence electrons. The van der Waals surface area contributed by atoms with Crippen LogP contribution in [0.1, 0.15) is 36.0 Å². The summed E-state index contributed by atoms with van der Waals surface area (Å²) >= 11 is 0. The van der Waals surface area contributed by atoms with E-state index in [2.05, 4.69) is 10.4 Å². The number of carbonyl (C=O) groups is 1. The number of aromatic nitrogens is 2. The molecule has 0 saturated heterocycles. The molecule has 1 saturated carbocycles. The molecule has 0 radical (unpaired) electrons. The Bertz CT molecular complexity index is 724. The van der Waals surface area contributed by atoms with Gasteiger partial charge >= 0.3 is 0 Å². The van der Waals surface area contributed by atoms with Crippen LogP contribution in [0.3, 0.4) is 0 Å². The quantitative estimate of drug-likeness (QED) is 0.902. The summed E-state index contributed by atoms with van der Waals surface area (Å²) in [7, 11) is 0. The fourth-order valence-corrected chi connectivity index (χ4v) is 3.00. The molecule has 2 N–H and O–H groups in total. The van der Waals surface area contributed by atoms with Crippen molar-refractivity contribution in [3.05, 3.63) is 47.8 Å².